The summed E-state index contributed by atoms with van der Waals surface area (Å²) in [5, 5.41) is 6.61. The van der Waals surface area contributed by atoms with Gasteiger partial charge in [-0.1, -0.05) is 0 Å². The van der Waals surface area contributed by atoms with Gasteiger partial charge < -0.3 is 15.1 Å². The Morgan fingerprint density at radius 1 is 1.36 bits per heavy atom. The Hall–Kier alpha value is -1.88. The van der Waals surface area contributed by atoms with Crippen molar-refractivity contribution >= 4 is 22.7 Å². The van der Waals surface area contributed by atoms with Crippen LogP contribution in [-0.4, -0.2) is 23.0 Å². The maximum Gasteiger partial charge on any atom is 0.224 e. The quantitative estimate of drug-likeness (QED) is 0.914. The zero-order chi connectivity index (χ0) is 15.1. The van der Waals surface area contributed by atoms with E-state index in [2.05, 4.69) is 15.6 Å². The van der Waals surface area contributed by atoms with Gasteiger partial charge in [0.1, 0.15) is 5.52 Å². The Morgan fingerprint density at radius 2 is 2.14 bits per heavy atom. The fourth-order valence-electron chi connectivity index (χ4n) is 3.94. The van der Waals surface area contributed by atoms with E-state index in [0.29, 0.717) is 30.3 Å². The predicted octanol–water partition coefficient (Wildman–Crippen LogP) is 3.00. The smallest absolute Gasteiger partial charge is 0.224 e. The minimum absolute atomic E-state index is 0.103. The number of anilines is 1. The summed E-state index contributed by atoms with van der Waals surface area (Å²) in [4.78, 5) is 16.6. The molecule has 1 aromatic heterocycles. The van der Waals surface area contributed by atoms with Gasteiger partial charge in [0.2, 0.25) is 5.91 Å². The zero-order valence-corrected chi connectivity index (χ0v) is 12.8. The summed E-state index contributed by atoms with van der Waals surface area (Å²) in [5.41, 5.74) is 2.34. The normalized spacial score (nSPS) is 27.2. The molecule has 5 nitrogen and oxygen atoms in total. The van der Waals surface area contributed by atoms with Crippen molar-refractivity contribution in [1.29, 1.82) is 0 Å². The number of benzene rings is 1. The first-order valence-corrected chi connectivity index (χ1v) is 8.09. The molecule has 5 heteroatoms. The number of piperidine rings is 1. The van der Waals surface area contributed by atoms with Gasteiger partial charge in [-0.25, -0.2) is 4.98 Å². The predicted molar refractivity (Wildman–Crippen MR) is 84.7 cm³/mol. The summed E-state index contributed by atoms with van der Waals surface area (Å²) in [6.45, 7) is 1.82. The van der Waals surface area contributed by atoms with E-state index in [1.165, 1.54) is 12.8 Å². The van der Waals surface area contributed by atoms with E-state index in [9.17, 15) is 4.79 Å². The van der Waals surface area contributed by atoms with Crippen LogP contribution in [0.1, 0.15) is 38.0 Å². The number of nitrogens with zero attached hydrogens (tertiary/aromatic N) is 1. The van der Waals surface area contributed by atoms with Crippen LogP contribution in [0.15, 0.2) is 22.6 Å². The molecule has 2 N–H and O–H groups in total. The van der Waals surface area contributed by atoms with Crippen molar-refractivity contribution in [2.24, 2.45) is 5.92 Å². The third-order valence-electron chi connectivity index (χ3n) is 4.82. The lowest BCUT2D eigenvalue weighted by Crippen LogP contribution is -2.39. The fraction of sp³-hybridized carbons (Fsp3) is 0.529. The van der Waals surface area contributed by atoms with Crippen molar-refractivity contribution in [3.05, 3.63) is 24.1 Å². The van der Waals surface area contributed by atoms with Gasteiger partial charge in [-0.2, -0.15) is 0 Å². The number of amides is 1. The van der Waals surface area contributed by atoms with E-state index in [0.717, 1.165) is 29.6 Å². The van der Waals surface area contributed by atoms with E-state index in [4.69, 9.17) is 4.42 Å². The van der Waals surface area contributed by atoms with Crippen molar-refractivity contribution in [2.45, 2.75) is 51.1 Å². The Morgan fingerprint density at radius 3 is 2.91 bits per heavy atom. The number of hydrogen-bond donors (Lipinski definition) is 2. The molecule has 2 aromatic rings. The van der Waals surface area contributed by atoms with Crippen LogP contribution in [-0.2, 0) is 4.79 Å². The minimum atomic E-state index is 0.103. The van der Waals surface area contributed by atoms with Gasteiger partial charge in [0, 0.05) is 31.1 Å². The van der Waals surface area contributed by atoms with Crippen LogP contribution in [0, 0.1) is 12.8 Å². The molecule has 2 unspecified atom stereocenters. The molecule has 116 valence electrons. The first-order valence-electron chi connectivity index (χ1n) is 8.09. The first kappa shape index (κ1) is 13.8. The van der Waals surface area contributed by atoms with E-state index in [1.807, 2.05) is 25.1 Å². The largest absolute Gasteiger partial charge is 0.441 e. The van der Waals surface area contributed by atoms with Gasteiger partial charge in [0.15, 0.2) is 11.5 Å². The molecule has 2 bridgehead atoms. The monoisotopic (exact) mass is 299 g/mol. The number of rotatable bonds is 3. The van der Waals surface area contributed by atoms with E-state index in [1.54, 1.807) is 0 Å². The molecule has 4 rings (SSSR count). The first-order chi connectivity index (χ1) is 10.7. The molecule has 1 aromatic carbocycles. The molecule has 3 heterocycles. The third-order valence-corrected chi connectivity index (χ3v) is 4.82. The maximum atomic E-state index is 12.3. The lowest BCUT2D eigenvalue weighted by molar-refractivity contribution is -0.117. The van der Waals surface area contributed by atoms with Gasteiger partial charge in [-0.05, 0) is 49.8 Å². The molecule has 0 radical (unpaired) electrons. The Bertz CT molecular complexity index is 697. The number of aromatic nitrogens is 1. The maximum absolute atomic E-state index is 12.3. The number of hydrogen-bond acceptors (Lipinski definition) is 4. The van der Waals surface area contributed by atoms with Crippen molar-refractivity contribution < 1.29 is 9.21 Å². The Kier molecular flexibility index (Phi) is 3.37. The summed E-state index contributed by atoms with van der Waals surface area (Å²) >= 11 is 0. The fourth-order valence-corrected chi connectivity index (χ4v) is 3.94. The minimum Gasteiger partial charge on any atom is -0.441 e. The molecular weight excluding hydrogens is 278 g/mol. The van der Waals surface area contributed by atoms with Crippen molar-refractivity contribution in [3.63, 3.8) is 0 Å². The summed E-state index contributed by atoms with van der Waals surface area (Å²) in [6, 6.07) is 6.86. The molecule has 0 saturated carbocycles. The van der Waals surface area contributed by atoms with Crippen LogP contribution in [0.5, 0.6) is 0 Å². The molecule has 2 aliphatic heterocycles. The van der Waals surface area contributed by atoms with Crippen LogP contribution in [0.2, 0.25) is 0 Å². The second-order valence-electron chi connectivity index (χ2n) is 6.64. The van der Waals surface area contributed by atoms with Gasteiger partial charge in [-0.15, -0.1) is 0 Å². The molecule has 2 fully saturated rings. The van der Waals surface area contributed by atoms with Gasteiger partial charge in [0.25, 0.3) is 0 Å². The second kappa shape index (κ2) is 5.39. The molecule has 2 atom stereocenters. The average Bonchev–Trinajstić information content (AvgIpc) is 2.99. The molecule has 0 spiro atoms. The number of oxazole rings is 1. The molecule has 2 saturated heterocycles. The van der Waals surface area contributed by atoms with Gasteiger partial charge in [0.05, 0.1) is 0 Å². The number of carbonyl (C=O) groups is 1. The molecule has 1 amide bonds. The van der Waals surface area contributed by atoms with Crippen LogP contribution in [0.4, 0.5) is 5.69 Å². The number of fused-ring (bicyclic) bond motifs is 3. The van der Waals surface area contributed by atoms with E-state index < -0.39 is 0 Å². The van der Waals surface area contributed by atoms with Crippen molar-refractivity contribution in [1.82, 2.24) is 10.3 Å². The Labute approximate surface area is 129 Å². The highest BCUT2D eigenvalue weighted by atomic mass is 16.3. The third kappa shape index (κ3) is 2.73. The summed E-state index contributed by atoms with van der Waals surface area (Å²) in [5.74, 6) is 1.26. The van der Waals surface area contributed by atoms with Crippen LogP contribution >= 0.6 is 0 Å². The number of carbonyl (C=O) groups excluding carboxylic acids is 1. The second-order valence-corrected chi connectivity index (χ2v) is 6.64. The van der Waals surface area contributed by atoms with E-state index >= 15 is 0 Å². The van der Waals surface area contributed by atoms with Gasteiger partial charge in [-0.3, -0.25) is 4.79 Å². The SMILES string of the molecule is Cc1nc2cc(NC(=O)CC3CC4CCC(C3)N4)ccc2o1. The highest BCUT2D eigenvalue weighted by Gasteiger charge is 2.34. The molecule has 2 aliphatic rings. The molecule has 22 heavy (non-hydrogen) atoms. The highest BCUT2D eigenvalue weighted by Crippen LogP contribution is 2.32. The van der Waals surface area contributed by atoms with Crippen molar-refractivity contribution in [2.75, 3.05) is 5.32 Å². The molecule has 0 aliphatic carbocycles. The summed E-state index contributed by atoms with van der Waals surface area (Å²) in [7, 11) is 0. The highest BCUT2D eigenvalue weighted by molar-refractivity contribution is 5.92. The van der Waals surface area contributed by atoms with Crippen LogP contribution in [0.3, 0.4) is 0 Å². The van der Waals surface area contributed by atoms with E-state index in [-0.39, 0.29) is 5.91 Å². The average molecular weight is 299 g/mol. The van der Waals surface area contributed by atoms with Crippen molar-refractivity contribution in [3.8, 4) is 0 Å². The number of nitrogens with one attached hydrogen (secondary N) is 2. The lowest BCUT2D eigenvalue weighted by atomic mass is 9.89. The zero-order valence-electron chi connectivity index (χ0n) is 12.8. The molecular formula is C17H21N3O2. The summed E-state index contributed by atoms with van der Waals surface area (Å²) in [6.07, 6.45) is 5.41. The lowest BCUT2D eigenvalue weighted by Gasteiger charge is -2.28. The van der Waals surface area contributed by atoms with Gasteiger partial charge >= 0.3 is 0 Å². The topological polar surface area (TPSA) is 67.2 Å². The van der Waals surface area contributed by atoms with Crippen LogP contribution < -0.4 is 10.6 Å². The summed E-state index contributed by atoms with van der Waals surface area (Å²) < 4.78 is 5.45. The van der Waals surface area contributed by atoms with Crippen LogP contribution in [0.25, 0.3) is 11.1 Å². The number of aryl methyl sites for hydroxylation is 1. The Balaban J connectivity index is 1.40. The standard InChI is InChI=1S/C17H21N3O2/c1-10-18-15-9-14(4-5-16(15)22-10)20-17(21)8-11-6-12-2-3-13(7-11)19-12/h4-5,9,11-13,19H,2-3,6-8H2,1H3,(H,20,21).